The second kappa shape index (κ2) is 9.34. The quantitative estimate of drug-likeness (QED) is 0.411. The number of nitrogens with zero attached hydrogens (tertiary/aromatic N) is 3. The van der Waals surface area contributed by atoms with Gasteiger partial charge < -0.3 is 9.32 Å². The number of para-hydroxylation sites is 1. The van der Waals surface area contributed by atoms with Crippen molar-refractivity contribution in [3.05, 3.63) is 70.5 Å². The Hall–Kier alpha value is -2.80. The summed E-state index contributed by atoms with van der Waals surface area (Å²) >= 11 is 1.32. The Morgan fingerprint density at radius 3 is 2.83 bits per heavy atom. The summed E-state index contributed by atoms with van der Waals surface area (Å²) in [6, 6.07) is 11.0. The number of amides is 1. The SMILES string of the molecule is CCn1c(SCC(=O)N(Cc2ccco2)C2=CCCCC2)nc2ccccc2c1=O. The molecular weight excluding hydrogens is 398 g/mol. The van der Waals surface area contributed by atoms with Gasteiger partial charge >= 0.3 is 0 Å². The summed E-state index contributed by atoms with van der Waals surface area (Å²) in [5.74, 6) is 0.965. The van der Waals surface area contributed by atoms with Crippen molar-refractivity contribution in [3.63, 3.8) is 0 Å². The lowest BCUT2D eigenvalue weighted by molar-refractivity contribution is -0.127. The predicted octanol–water partition coefficient (Wildman–Crippen LogP) is 4.59. The molecule has 0 N–H and O–H groups in total. The van der Waals surface area contributed by atoms with Crippen LogP contribution in [0, 0.1) is 0 Å². The summed E-state index contributed by atoms with van der Waals surface area (Å²) < 4.78 is 7.12. The molecule has 0 saturated carbocycles. The normalized spacial score (nSPS) is 14.0. The molecule has 0 aliphatic heterocycles. The second-order valence-electron chi connectivity index (χ2n) is 7.25. The summed E-state index contributed by atoms with van der Waals surface area (Å²) in [6.07, 6.45) is 7.91. The van der Waals surface area contributed by atoms with E-state index in [0.29, 0.717) is 29.1 Å². The Morgan fingerprint density at radius 1 is 1.23 bits per heavy atom. The highest BCUT2D eigenvalue weighted by atomic mass is 32.2. The first-order valence-electron chi connectivity index (χ1n) is 10.3. The minimum atomic E-state index is -0.0690. The Labute approximate surface area is 179 Å². The van der Waals surface area contributed by atoms with Gasteiger partial charge in [-0.15, -0.1) is 0 Å². The van der Waals surface area contributed by atoms with Crippen molar-refractivity contribution in [1.82, 2.24) is 14.5 Å². The standard InChI is InChI=1S/C23H25N3O3S/c1-2-25-22(28)19-12-6-7-13-20(19)24-23(25)30-16-21(27)26(15-18-11-8-14-29-18)17-9-4-3-5-10-17/h6-9,11-14H,2-5,10,15-16H2,1H3. The molecule has 1 amide bonds. The Balaban J connectivity index is 1.57. The first-order valence-corrected chi connectivity index (χ1v) is 11.3. The molecule has 7 heteroatoms. The van der Waals surface area contributed by atoms with Gasteiger partial charge in [0, 0.05) is 12.2 Å². The second-order valence-corrected chi connectivity index (χ2v) is 8.19. The summed E-state index contributed by atoms with van der Waals surface area (Å²) in [5, 5.41) is 1.17. The van der Waals surface area contributed by atoms with Crippen LogP contribution in [-0.2, 0) is 17.9 Å². The summed E-state index contributed by atoms with van der Waals surface area (Å²) in [7, 11) is 0. The molecule has 0 spiro atoms. The lowest BCUT2D eigenvalue weighted by Gasteiger charge is -2.27. The van der Waals surface area contributed by atoms with E-state index in [1.807, 2.05) is 42.2 Å². The minimum Gasteiger partial charge on any atom is -0.467 e. The van der Waals surface area contributed by atoms with Crippen molar-refractivity contribution >= 4 is 28.6 Å². The van der Waals surface area contributed by atoms with Gasteiger partial charge in [-0.05, 0) is 56.9 Å². The van der Waals surface area contributed by atoms with Crippen molar-refractivity contribution in [2.24, 2.45) is 0 Å². The third-order valence-corrected chi connectivity index (χ3v) is 6.24. The Bertz CT molecular complexity index is 1120. The van der Waals surface area contributed by atoms with Gasteiger partial charge in [0.25, 0.3) is 5.56 Å². The Kier molecular flexibility index (Phi) is 6.38. The summed E-state index contributed by atoms with van der Waals surface area (Å²) in [6.45, 7) is 2.85. The van der Waals surface area contributed by atoms with Gasteiger partial charge in [0.1, 0.15) is 5.76 Å². The highest BCUT2D eigenvalue weighted by Gasteiger charge is 2.22. The van der Waals surface area contributed by atoms with Gasteiger partial charge in [-0.2, -0.15) is 0 Å². The molecule has 2 aromatic heterocycles. The smallest absolute Gasteiger partial charge is 0.262 e. The maximum Gasteiger partial charge on any atom is 0.262 e. The number of thioether (sulfide) groups is 1. The van der Waals surface area contributed by atoms with Crippen molar-refractivity contribution in [2.45, 2.75) is 50.9 Å². The molecular formula is C23H25N3O3S. The van der Waals surface area contributed by atoms with Gasteiger partial charge in [-0.25, -0.2) is 4.98 Å². The fourth-order valence-electron chi connectivity index (χ4n) is 3.72. The number of fused-ring (bicyclic) bond motifs is 1. The van der Waals surface area contributed by atoms with E-state index in [1.54, 1.807) is 16.9 Å². The lowest BCUT2D eigenvalue weighted by Crippen LogP contribution is -2.32. The van der Waals surface area contributed by atoms with Crippen LogP contribution in [0.2, 0.25) is 0 Å². The van der Waals surface area contributed by atoms with Gasteiger partial charge in [0.2, 0.25) is 5.91 Å². The molecule has 1 aliphatic carbocycles. The number of rotatable bonds is 7. The van der Waals surface area contributed by atoms with Gasteiger partial charge in [0.05, 0.1) is 29.5 Å². The number of hydrogen-bond acceptors (Lipinski definition) is 5. The maximum atomic E-state index is 13.2. The number of hydrogen-bond donors (Lipinski definition) is 0. The van der Waals surface area contributed by atoms with E-state index in [1.165, 1.54) is 11.8 Å². The van der Waals surface area contributed by atoms with Crippen LogP contribution in [0.5, 0.6) is 0 Å². The molecule has 1 aliphatic rings. The highest BCUT2D eigenvalue weighted by molar-refractivity contribution is 7.99. The number of carbonyl (C=O) groups excluding carboxylic acids is 1. The minimum absolute atomic E-state index is 0.00499. The number of carbonyl (C=O) groups is 1. The van der Waals surface area contributed by atoms with E-state index >= 15 is 0 Å². The van der Waals surface area contributed by atoms with Crippen molar-refractivity contribution in [2.75, 3.05) is 5.75 Å². The van der Waals surface area contributed by atoms with Crippen LogP contribution in [0.15, 0.2) is 68.8 Å². The number of furan rings is 1. The fourth-order valence-corrected chi connectivity index (χ4v) is 4.65. The summed E-state index contributed by atoms with van der Waals surface area (Å²) in [5.41, 5.74) is 1.65. The molecule has 1 aromatic carbocycles. The molecule has 0 radical (unpaired) electrons. The average Bonchev–Trinajstić information content (AvgIpc) is 3.30. The third-order valence-electron chi connectivity index (χ3n) is 5.28. The van der Waals surface area contributed by atoms with Crippen LogP contribution in [-0.4, -0.2) is 26.1 Å². The molecule has 0 saturated heterocycles. The van der Waals surface area contributed by atoms with Gasteiger partial charge in [-0.1, -0.05) is 30.0 Å². The van der Waals surface area contributed by atoms with Crippen molar-refractivity contribution in [3.8, 4) is 0 Å². The molecule has 6 nitrogen and oxygen atoms in total. The van der Waals surface area contributed by atoms with E-state index < -0.39 is 0 Å². The first-order chi connectivity index (χ1) is 14.7. The van der Waals surface area contributed by atoms with Crippen LogP contribution in [0.3, 0.4) is 0 Å². The van der Waals surface area contributed by atoms with E-state index in [4.69, 9.17) is 4.42 Å². The van der Waals surface area contributed by atoms with Gasteiger partial charge in [0.15, 0.2) is 5.16 Å². The molecule has 2 heterocycles. The number of aromatic nitrogens is 2. The van der Waals surface area contributed by atoms with Crippen LogP contribution in [0.1, 0.15) is 38.4 Å². The molecule has 0 bridgehead atoms. The van der Waals surface area contributed by atoms with E-state index in [0.717, 1.165) is 37.1 Å². The van der Waals surface area contributed by atoms with Crippen molar-refractivity contribution in [1.29, 1.82) is 0 Å². The van der Waals surface area contributed by atoms with Crippen LogP contribution in [0.4, 0.5) is 0 Å². The molecule has 0 atom stereocenters. The largest absolute Gasteiger partial charge is 0.467 e. The average molecular weight is 424 g/mol. The molecule has 3 aromatic rings. The highest BCUT2D eigenvalue weighted by Crippen LogP contribution is 2.25. The zero-order chi connectivity index (χ0) is 20.9. The zero-order valence-corrected chi connectivity index (χ0v) is 17.9. The number of benzene rings is 1. The third kappa shape index (κ3) is 4.36. The predicted molar refractivity (Wildman–Crippen MR) is 118 cm³/mol. The molecule has 4 rings (SSSR count). The summed E-state index contributed by atoms with van der Waals surface area (Å²) in [4.78, 5) is 32.5. The molecule has 30 heavy (non-hydrogen) atoms. The Morgan fingerprint density at radius 2 is 2.10 bits per heavy atom. The van der Waals surface area contributed by atoms with Crippen LogP contribution >= 0.6 is 11.8 Å². The first kappa shape index (κ1) is 20.5. The zero-order valence-electron chi connectivity index (χ0n) is 17.0. The van der Waals surface area contributed by atoms with Gasteiger partial charge in [-0.3, -0.25) is 14.2 Å². The molecule has 0 unspecified atom stereocenters. The fraction of sp³-hybridized carbons (Fsp3) is 0.348. The lowest BCUT2D eigenvalue weighted by atomic mass is 10.0. The van der Waals surface area contributed by atoms with Crippen LogP contribution in [0.25, 0.3) is 10.9 Å². The monoisotopic (exact) mass is 423 g/mol. The van der Waals surface area contributed by atoms with Crippen LogP contribution < -0.4 is 5.56 Å². The molecule has 156 valence electrons. The maximum absolute atomic E-state index is 13.2. The van der Waals surface area contributed by atoms with Crippen molar-refractivity contribution < 1.29 is 9.21 Å². The van der Waals surface area contributed by atoms with E-state index in [2.05, 4.69) is 11.1 Å². The van der Waals surface area contributed by atoms with E-state index in [9.17, 15) is 9.59 Å². The molecule has 0 fully saturated rings. The topological polar surface area (TPSA) is 68.3 Å². The number of allylic oxidation sites excluding steroid dienone is 2. The van der Waals surface area contributed by atoms with E-state index in [-0.39, 0.29) is 17.2 Å².